The Hall–Kier alpha value is -0.380. The van der Waals surface area contributed by atoms with Gasteiger partial charge in [0.05, 0.1) is 6.61 Å². The molecule has 0 unspecified atom stereocenters. The highest BCUT2D eigenvalue weighted by molar-refractivity contribution is 5.09. The van der Waals surface area contributed by atoms with Gasteiger partial charge >= 0.3 is 0 Å². The Balaban J connectivity index is 1.36. The maximum absolute atomic E-state index is 5.50. The van der Waals surface area contributed by atoms with Crippen molar-refractivity contribution >= 4 is 0 Å². The number of nitrogens with one attached hydrogen (secondary N) is 1. The summed E-state index contributed by atoms with van der Waals surface area (Å²) in [6, 6.07) is 0.734. The molecule has 3 atom stereocenters. The van der Waals surface area contributed by atoms with Crippen molar-refractivity contribution in [1.82, 2.24) is 10.2 Å². The summed E-state index contributed by atoms with van der Waals surface area (Å²) in [4.78, 5) is 2.66. The average Bonchev–Trinajstić information content (AvgIpc) is 3.01. The zero-order valence-electron chi connectivity index (χ0n) is 14.5. The first-order valence-electron chi connectivity index (χ1n) is 9.42. The number of hydrogen-bond donors (Lipinski definition) is 1. The van der Waals surface area contributed by atoms with Gasteiger partial charge in [-0.3, -0.25) is 0 Å². The summed E-state index contributed by atoms with van der Waals surface area (Å²) < 4.78 is 5.50. The number of ether oxygens (including phenoxy) is 1. The largest absolute Gasteiger partial charge is 0.381 e. The summed E-state index contributed by atoms with van der Waals surface area (Å²) in [5, 5.41) is 3.87. The fourth-order valence-corrected chi connectivity index (χ4v) is 4.44. The van der Waals surface area contributed by atoms with Crippen LogP contribution < -0.4 is 5.32 Å². The third-order valence-corrected chi connectivity index (χ3v) is 6.11. The molecule has 22 heavy (non-hydrogen) atoms. The van der Waals surface area contributed by atoms with E-state index in [0.29, 0.717) is 0 Å². The van der Waals surface area contributed by atoms with Crippen LogP contribution >= 0.6 is 0 Å². The van der Waals surface area contributed by atoms with Crippen molar-refractivity contribution in [2.75, 3.05) is 39.4 Å². The molecule has 0 amide bonds. The molecule has 1 aliphatic carbocycles. The zero-order chi connectivity index (χ0) is 15.4. The van der Waals surface area contributed by atoms with Crippen LogP contribution in [0.15, 0.2) is 11.6 Å². The minimum atomic E-state index is 0.734. The maximum Gasteiger partial charge on any atom is 0.0507 e. The van der Waals surface area contributed by atoms with Gasteiger partial charge in [0.1, 0.15) is 0 Å². The molecular formula is C19H34N2O. The molecule has 0 aromatic rings. The predicted molar refractivity (Wildman–Crippen MR) is 92.0 cm³/mol. The van der Waals surface area contributed by atoms with Crippen molar-refractivity contribution in [3.63, 3.8) is 0 Å². The number of rotatable bonds is 5. The molecule has 3 rings (SSSR count). The molecule has 1 N–H and O–H groups in total. The van der Waals surface area contributed by atoms with Crippen LogP contribution in [0.4, 0.5) is 0 Å². The lowest BCUT2D eigenvalue weighted by atomic mass is 9.80. The van der Waals surface area contributed by atoms with E-state index in [2.05, 4.69) is 30.1 Å². The normalized spacial score (nSPS) is 34.8. The van der Waals surface area contributed by atoms with E-state index < -0.39 is 0 Å². The molecule has 0 aromatic heterocycles. The third kappa shape index (κ3) is 4.33. The highest BCUT2D eigenvalue weighted by Gasteiger charge is 2.26. The van der Waals surface area contributed by atoms with Crippen molar-refractivity contribution in [3.8, 4) is 0 Å². The molecule has 3 nitrogen and oxygen atoms in total. The van der Waals surface area contributed by atoms with Crippen LogP contribution in [0.1, 0.15) is 46.0 Å². The molecule has 126 valence electrons. The molecule has 0 radical (unpaired) electrons. The number of nitrogens with zero attached hydrogens (tertiary/aromatic N) is 1. The number of piperidine rings is 1. The van der Waals surface area contributed by atoms with Crippen molar-refractivity contribution < 1.29 is 4.74 Å². The molecule has 2 heterocycles. The first kappa shape index (κ1) is 16.5. The highest BCUT2D eigenvalue weighted by Crippen LogP contribution is 2.29. The lowest BCUT2D eigenvalue weighted by Gasteiger charge is -2.36. The Labute approximate surface area is 136 Å². The van der Waals surface area contributed by atoms with E-state index in [1.165, 1.54) is 58.3 Å². The molecule has 0 bridgehead atoms. The highest BCUT2D eigenvalue weighted by atomic mass is 16.5. The molecular weight excluding hydrogens is 272 g/mol. The van der Waals surface area contributed by atoms with Crippen LogP contribution in [0, 0.1) is 17.8 Å². The van der Waals surface area contributed by atoms with Gasteiger partial charge in [0.15, 0.2) is 0 Å². The van der Waals surface area contributed by atoms with Crippen LogP contribution in [0.5, 0.6) is 0 Å². The van der Waals surface area contributed by atoms with Crippen molar-refractivity contribution in [2.45, 2.75) is 52.0 Å². The van der Waals surface area contributed by atoms with Crippen LogP contribution in [0.3, 0.4) is 0 Å². The van der Waals surface area contributed by atoms with Gasteiger partial charge in [-0.15, -0.1) is 0 Å². The van der Waals surface area contributed by atoms with Crippen molar-refractivity contribution in [2.24, 2.45) is 17.8 Å². The van der Waals surface area contributed by atoms with Crippen LogP contribution in [0.25, 0.3) is 0 Å². The van der Waals surface area contributed by atoms with Crippen molar-refractivity contribution in [1.29, 1.82) is 0 Å². The monoisotopic (exact) mass is 306 g/mol. The Kier molecular flexibility index (Phi) is 5.95. The molecule has 2 fully saturated rings. The summed E-state index contributed by atoms with van der Waals surface area (Å²) in [5.74, 6) is 2.41. The Morgan fingerprint density at radius 1 is 1.23 bits per heavy atom. The summed E-state index contributed by atoms with van der Waals surface area (Å²) in [6.07, 6.45) is 9.01. The van der Waals surface area contributed by atoms with Gasteiger partial charge in [-0.25, -0.2) is 0 Å². The van der Waals surface area contributed by atoms with Gasteiger partial charge < -0.3 is 15.0 Å². The smallest absolute Gasteiger partial charge is 0.0507 e. The number of likely N-dealkylation sites (tertiary alicyclic amines) is 1. The fraction of sp³-hybridized carbons (Fsp3) is 0.895. The summed E-state index contributed by atoms with van der Waals surface area (Å²) in [5.41, 5.74) is 1.62. The van der Waals surface area contributed by atoms with Gasteiger partial charge in [-0.2, -0.15) is 0 Å². The van der Waals surface area contributed by atoms with Crippen LogP contribution in [-0.4, -0.2) is 50.3 Å². The average molecular weight is 306 g/mol. The first-order valence-corrected chi connectivity index (χ1v) is 9.42. The van der Waals surface area contributed by atoms with Crippen molar-refractivity contribution in [3.05, 3.63) is 11.6 Å². The van der Waals surface area contributed by atoms with E-state index in [0.717, 1.165) is 37.0 Å². The fourth-order valence-electron chi connectivity index (χ4n) is 4.44. The van der Waals surface area contributed by atoms with Crippen LogP contribution in [-0.2, 0) is 4.74 Å². The number of allylic oxidation sites excluding steroid dienone is 1. The second-order valence-corrected chi connectivity index (χ2v) is 7.82. The topological polar surface area (TPSA) is 24.5 Å². The predicted octanol–water partition coefficient (Wildman–Crippen LogP) is 3.07. The molecule has 0 spiro atoms. The number of hydrogen-bond acceptors (Lipinski definition) is 3. The summed E-state index contributed by atoms with van der Waals surface area (Å²) >= 11 is 0. The molecule has 2 aliphatic heterocycles. The second kappa shape index (κ2) is 7.94. The minimum absolute atomic E-state index is 0.734. The Morgan fingerprint density at radius 3 is 2.73 bits per heavy atom. The zero-order valence-corrected chi connectivity index (χ0v) is 14.5. The van der Waals surface area contributed by atoms with E-state index in [-0.39, 0.29) is 0 Å². The van der Waals surface area contributed by atoms with E-state index in [1.807, 2.05) is 0 Å². The van der Waals surface area contributed by atoms with Gasteiger partial charge in [-0.05, 0) is 69.9 Å². The summed E-state index contributed by atoms with van der Waals surface area (Å²) in [7, 11) is 0. The van der Waals surface area contributed by atoms with Crippen LogP contribution in [0.2, 0.25) is 0 Å². The Morgan fingerprint density at radius 2 is 2.05 bits per heavy atom. The third-order valence-electron chi connectivity index (χ3n) is 6.11. The first-order chi connectivity index (χ1) is 10.7. The molecule has 3 heteroatoms. The summed E-state index contributed by atoms with van der Waals surface area (Å²) in [6.45, 7) is 11.7. The van der Waals surface area contributed by atoms with Gasteiger partial charge in [-0.1, -0.05) is 18.6 Å². The van der Waals surface area contributed by atoms with E-state index in [1.54, 1.807) is 5.57 Å². The maximum atomic E-state index is 5.50. The quantitative estimate of drug-likeness (QED) is 0.790. The molecule has 2 saturated heterocycles. The lowest BCUT2D eigenvalue weighted by molar-refractivity contribution is 0.146. The molecule has 3 aliphatic rings. The van der Waals surface area contributed by atoms with Gasteiger partial charge in [0.2, 0.25) is 0 Å². The van der Waals surface area contributed by atoms with E-state index >= 15 is 0 Å². The molecule has 0 saturated carbocycles. The lowest BCUT2D eigenvalue weighted by Crippen LogP contribution is -2.45. The minimum Gasteiger partial charge on any atom is -0.381 e. The van der Waals surface area contributed by atoms with E-state index in [9.17, 15) is 0 Å². The van der Waals surface area contributed by atoms with E-state index in [4.69, 9.17) is 4.74 Å². The SMILES string of the molecule is CC1=CCC[C@H](C)[C@H]1CNC1CCN(C[C@H]2CCOC2)CC1. The van der Waals surface area contributed by atoms with Gasteiger partial charge in [0.25, 0.3) is 0 Å². The standard InChI is InChI=1S/C19H34N2O/c1-15-4-3-5-16(2)19(15)12-20-18-6-9-21(10-7-18)13-17-8-11-22-14-17/h4,16-20H,3,5-14H2,1-2H3/t16-,17+,19-/m0/s1. The second-order valence-electron chi connectivity index (χ2n) is 7.82. The Bertz CT molecular complexity index is 368. The molecule has 0 aromatic carbocycles. The van der Waals surface area contributed by atoms with Gasteiger partial charge in [0, 0.05) is 25.7 Å².